The highest BCUT2D eigenvalue weighted by molar-refractivity contribution is 7.20. The smallest absolute Gasteiger partial charge is 0.188 e. The third-order valence-electron chi connectivity index (χ3n) is 3.82. The van der Waals surface area contributed by atoms with Crippen molar-refractivity contribution in [1.29, 1.82) is 0 Å². The van der Waals surface area contributed by atoms with Crippen LogP contribution in [0.2, 0.25) is 9.49 Å². The molecule has 1 unspecified atom stereocenters. The summed E-state index contributed by atoms with van der Waals surface area (Å²) in [6, 6.07) is 3.78. The van der Waals surface area contributed by atoms with Gasteiger partial charge in [0.05, 0.1) is 6.10 Å². The maximum atomic E-state index is 10.4. The number of anilines is 1. The van der Waals surface area contributed by atoms with Crippen LogP contribution in [0.4, 0.5) is 5.13 Å². The number of hydrogen-bond acceptors (Lipinski definition) is 5. The molecule has 3 heterocycles. The molecule has 7 heteroatoms. The minimum absolute atomic E-state index is 0.247. The Labute approximate surface area is 137 Å². The quantitative estimate of drug-likeness (QED) is 0.920. The van der Waals surface area contributed by atoms with Crippen LogP contribution in [-0.2, 0) is 0 Å². The summed E-state index contributed by atoms with van der Waals surface area (Å²) in [6.07, 6.45) is 4.81. The summed E-state index contributed by atoms with van der Waals surface area (Å²) < 4.78 is 0.532. The first-order valence-corrected chi connectivity index (χ1v) is 8.37. The molecule has 4 nitrogen and oxygen atoms in total. The zero-order valence-corrected chi connectivity index (χ0v) is 13.6. The van der Waals surface area contributed by atoms with Gasteiger partial charge in [0.2, 0.25) is 0 Å². The van der Waals surface area contributed by atoms with Gasteiger partial charge in [-0.15, -0.1) is 0 Å². The van der Waals surface area contributed by atoms with E-state index in [-0.39, 0.29) is 5.92 Å². The normalized spacial score (nSPS) is 18.0. The summed E-state index contributed by atoms with van der Waals surface area (Å²) in [5.41, 5.74) is 0.885. The fourth-order valence-electron chi connectivity index (χ4n) is 2.64. The van der Waals surface area contributed by atoms with Gasteiger partial charge in [-0.2, -0.15) is 0 Å². The van der Waals surface area contributed by atoms with Gasteiger partial charge >= 0.3 is 0 Å². The van der Waals surface area contributed by atoms with E-state index in [0.717, 1.165) is 36.6 Å². The summed E-state index contributed by atoms with van der Waals surface area (Å²) in [7, 11) is 0. The third kappa shape index (κ3) is 3.31. The van der Waals surface area contributed by atoms with Crippen LogP contribution >= 0.6 is 34.5 Å². The summed E-state index contributed by atoms with van der Waals surface area (Å²) in [5.74, 6) is 0.247. The first kappa shape index (κ1) is 15.0. The maximum absolute atomic E-state index is 10.4. The first-order valence-electron chi connectivity index (χ1n) is 6.80. The number of pyridine rings is 1. The highest BCUT2D eigenvalue weighted by Crippen LogP contribution is 2.37. The summed E-state index contributed by atoms with van der Waals surface area (Å²) in [4.78, 5) is 10.5. The van der Waals surface area contributed by atoms with E-state index in [1.165, 1.54) is 11.3 Å². The van der Waals surface area contributed by atoms with E-state index in [4.69, 9.17) is 23.2 Å². The van der Waals surface area contributed by atoms with Crippen LogP contribution in [0.1, 0.15) is 24.5 Å². The average Bonchev–Trinajstić information content (AvgIpc) is 2.87. The molecule has 1 saturated heterocycles. The van der Waals surface area contributed by atoms with E-state index >= 15 is 0 Å². The number of aromatic nitrogens is 2. The minimum Gasteiger partial charge on any atom is -0.388 e. The summed E-state index contributed by atoms with van der Waals surface area (Å²) >= 11 is 13.3. The average molecular weight is 344 g/mol. The second-order valence-electron chi connectivity index (χ2n) is 5.12. The lowest BCUT2D eigenvalue weighted by Gasteiger charge is -2.34. The second-order valence-corrected chi connectivity index (χ2v) is 7.05. The van der Waals surface area contributed by atoms with E-state index in [1.807, 2.05) is 12.1 Å². The Morgan fingerprint density at radius 3 is 2.67 bits per heavy atom. The Hall–Kier alpha value is -0.880. The van der Waals surface area contributed by atoms with Crippen molar-refractivity contribution in [3.63, 3.8) is 0 Å². The molecular formula is C14H15Cl2N3OS. The van der Waals surface area contributed by atoms with E-state index < -0.39 is 6.10 Å². The topological polar surface area (TPSA) is 49.3 Å². The zero-order valence-electron chi connectivity index (χ0n) is 11.2. The van der Waals surface area contributed by atoms with Crippen LogP contribution in [-0.4, -0.2) is 28.2 Å². The molecule has 0 aromatic carbocycles. The largest absolute Gasteiger partial charge is 0.388 e. The van der Waals surface area contributed by atoms with Gasteiger partial charge in [-0.3, -0.25) is 4.98 Å². The van der Waals surface area contributed by atoms with Gasteiger partial charge in [0.25, 0.3) is 0 Å². The van der Waals surface area contributed by atoms with Crippen molar-refractivity contribution in [3.05, 3.63) is 39.6 Å². The number of nitrogens with zero attached hydrogens (tertiary/aromatic N) is 3. The Kier molecular flexibility index (Phi) is 4.64. The predicted octanol–water partition coefficient (Wildman–Crippen LogP) is 3.79. The van der Waals surface area contributed by atoms with Crippen LogP contribution in [0, 0.1) is 5.92 Å². The van der Waals surface area contributed by atoms with Crippen molar-refractivity contribution in [1.82, 2.24) is 9.97 Å². The third-order valence-corrected chi connectivity index (χ3v) is 5.62. The SMILES string of the molecule is OC(c1cccnc1)C1CCN(c2nc(Cl)c(Cl)s2)CC1. The van der Waals surface area contributed by atoms with Crippen LogP contribution in [0.3, 0.4) is 0 Å². The van der Waals surface area contributed by atoms with Gasteiger partial charge in [0, 0.05) is 25.5 Å². The van der Waals surface area contributed by atoms with Gasteiger partial charge < -0.3 is 10.0 Å². The molecule has 0 saturated carbocycles. The number of aliphatic hydroxyl groups is 1. The lowest BCUT2D eigenvalue weighted by molar-refractivity contribution is 0.0926. The van der Waals surface area contributed by atoms with Gasteiger partial charge in [-0.1, -0.05) is 40.6 Å². The van der Waals surface area contributed by atoms with Crippen molar-refractivity contribution < 1.29 is 5.11 Å². The Bertz CT molecular complexity index is 580. The molecule has 1 N–H and O–H groups in total. The molecule has 0 bridgehead atoms. The molecule has 2 aromatic rings. The van der Waals surface area contributed by atoms with Crippen LogP contribution in [0.25, 0.3) is 0 Å². The molecule has 21 heavy (non-hydrogen) atoms. The molecule has 0 amide bonds. The lowest BCUT2D eigenvalue weighted by atomic mass is 9.88. The number of halogens is 2. The molecule has 2 aromatic heterocycles. The monoisotopic (exact) mass is 343 g/mol. The maximum Gasteiger partial charge on any atom is 0.188 e. The summed E-state index contributed by atoms with van der Waals surface area (Å²) in [6.45, 7) is 1.70. The van der Waals surface area contributed by atoms with Gasteiger partial charge in [-0.25, -0.2) is 4.98 Å². The molecule has 1 fully saturated rings. The van der Waals surface area contributed by atoms with Gasteiger partial charge in [-0.05, 0) is 30.4 Å². The van der Waals surface area contributed by atoms with Gasteiger partial charge in [0.1, 0.15) is 4.34 Å². The number of hydrogen-bond donors (Lipinski definition) is 1. The predicted molar refractivity (Wildman–Crippen MR) is 86.3 cm³/mol. The van der Waals surface area contributed by atoms with Crippen LogP contribution in [0.15, 0.2) is 24.5 Å². The van der Waals surface area contributed by atoms with E-state index in [2.05, 4.69) is 14.9 Å². The van der Waals surface area contributed by atoms with Crippen molar-refractivity contribution in [2.45, 2.75) is 18.9 Å². The second kappa shape index (κ2) is 6.48. The number of piperidine rings is 1. The van der Waals surface area contributed by atoms with E-state index in [1.54, 1.807) is 12.4 Å². The van der Waals surface area contributed by atoms with Crippen molar-refractivity contribution in [2.75, 3.05) is 18.0 Å². The fraction of sp³-hybridized carbons (Fsp3) is 0.429. The molecule has 1 aliphatic rings. The van der Waals surface area contributed by atoms with E-state index in [9.17, 15) is 5.11 Å². The molecule has 3 rings (SSSR count). The zero-order chi connectivity index (χ0) is 14.8. The summed E-state index contributed by atoms with van der Waals surface area (Å²) in [5, 5.41) is 11.7. The van der Waals surface area contributed by atoms with Crippen molar-refractivity contribution in [3.8, 4) is 0 Å². The Balaban J connectivity index is 1.62. The van der Waals surface area contributed by atoms with Crippen LogP contribution in [0.5, 0.6) is 0 Å². The molecule has 0 spiro atoms. The van der Waals surface area contributed by atoms with Crippen molar-refractivity contribution >= 4 is 39.7 Å². The van der Waals surface area contributed by atoms with E-state index in [0.29, 0.717) is 9.49 Å². The molecule has 112 valence electrons. The number of aliphatic hydroxyl groups excluding tert-OH is 1. The molecule has 1 aliphatic heterocycles. The molecule has 0 radical (unpaired) electrons. The minimum atomic E-state index is -0.454. The van der Waals surface area contributed by atoms with Crippen molar-refractivity contribution in [2.24, 2.45) is 5.92 Å². The number of rotatable bonds is 3. The highest BCUT2D eigenvalue weighted by atomic mass is 35.5. The standard InChI is InChI=1S/C14H15Cl2N3OS/c15-12-13(16)21-14(18-12)19-6-3-9(4-7-19)11(20)10-2-1-5-17-8-10/h1-2,5,8-9,11,20H,3-4,6-7H2. The lowest BCUT2D eigenvalue weighted by Crippen LogP contribution is -2.35. The molecule has 1 atom stereocenters. The molecular weight excluding hydrogens is 329 g/mol. The fourth-order valence-corrected chi connectivity index (χ4v) is 3.87. The first-order chi connectivity index (χ1) is 10.1. The van der Waals surface area contributed by atoms with Gasteiger partial charge in [0.15, 0.2) is 10.3 Å². The molecule has 0 aliphatic carbocycles. The highest BCUT2D eigenvalue weighted by Gasteiger charge is 2.27. The Morgan fingerprint density at radius 1 is 1.33 bits per heavy atom. The Morgan fingerprint density at radius 2 is 2.10 bits per heavy atom. The number of thiazole rings is 1. The van der Waals surface area contributed by atoms with Crippen LogP contribution < -0.4 is 4.90 Å².